The molecule has 0 spiro atoms. The van der Waals surface area contributed by atoms with E-state index in [1.807, 2.05) is 30.1 Å². The molecule has 1 saturated carbocycles. The van der Waals surface area contributed by atoms with Gasteiger partial charge in [-0.3, -0.25) is 4.68 Å². The van der Waals surface area contributed by atoms with Crippen molar-refractivity contribution in [2.45, 2.75) is 42.5 Å². The largest absolute Gasteiger partial charge is 0.376 e. The smallest absolute Gasteiger partial charge is 0.242 e. The Morgan fingerprint density at radius 3 is 2.65 bits per heavy atom. The van der Waals surface area contributed by atoms with E-state index in [2.05, 4.69) is 16.5 Å². The first kappa shape index (κ1) is 17.5. The molecule has 0 bridgehead atoms. The molecule has 2 aliphatic rings. The first-order valence-electron chi connectivity index (χ1n) is 9.20. The lowest BCUT2D eigenvalue weighted by Crippen LogP contribution is -2.35. The average molecular weight is 375 g/mol. The number of aromatic nitrogens is 2. The van der Waals surface area contributed by atoms with Crippen molar-refractivity contribution in [3.63, 3.8) is 0 Å². The van der Waals surface area contributed by atoms with Crippen LogP contribution in [-0.2, 0) is 17.1 Å². The van der Waals surface area contributed by atoms with Crippen LogP contribution in [0.15, 0.2) is 35.4 Å². The Labute approximate surface area is 155 Å². The Bertz CT molecular complexity index is 919. The fraction of sp³-hybridized carbons (Fsp3) is 0.526. The highest BCUT2D eigenvalue weighted by Gasteiger charge is 2.40. The number of hydrogen-bond acceptors (Lipinski definition) is 4. The van der Waals surface area contributed by atoms with Crippen molar-refractivity contribution in [3.8, 4) is 0 Å². The van der Waals surface area contributed by atoms with Gasteiger partial charge in [-0.1, -0.05) is 12.8 Å². The maximum absolute atomic E-state index is 12.6. The van der Waals surface area contributed by atoms with Crippen molar-refractivity contribution in [2.24, 2.45) is 13.0 Å². The van der Waals surface area contributed by atoms with Crippen LogP contribution in [0.25, 0.3) is 0 Å². The molecule has 0 saturated heterocycles. The number of nitrogens with one attached hydrogen (secondary N) is 1. The van der Waals surface area contributed by atoms with Gasteiger partial charge < -0.3 is 5.32 Å². The molecule has 26 heavy (non-hydrogen) atoms. The van der Waals surface area contributed by atoms with Gasteiger partial charge >= 0.3 is 0 Å². The number of hydrogen-bond donors (Lipinski definition) is 1. The Hall–Kier alpha value is -1.86. The summed E-state index contributed by atoms with van der Waals surface area (Å²) in [5.41, 5.74) is 3.39. The molecule has 4 rings (SSSR count). The van der Waals surface area contributed by atoms with Crippen molar-refractivity contribution in [1.29, 1.82) is 0 Å². The Morgan fingerprint density at radius 2 is 1.96 bits per heavy atom. The monoisotopic (exact) mass is 374 g/mol. The number of rotatable bonds is 3. The summed E-state index contributed by atoms with van der Waals surface area (Å²) < 4.78 is 28.4. The number of aryl methyl sites for hydroxylation is 1. The quantitative estimate of drug-likeness (QED) is 0.896. The van der Waals surface area contributed by atoms with E-state index in [0.717, 1.165) is 24.1 Å². The van der Waals surface area contributed by atoms with Gasteiger partial charge in [-0.2, -0.15) is 5.10 Å². The molecule has 1 fully saturated rings. The minimum absolute atomic E-state index is 0.219. The summed E-state index contributed by atoms with van der Waals surface area (Å²) in [5, 5.41) is 8.02. The Morgan fingerprint density at radius 1 is 1.19 bits per heavy atom. The van der Waals surface area contributed by atoms with Crippen LogP contribution in [0, 0.1) is 5.92 Å². The molecule has 1 N–H and O–H groups in total. The van der Waals surface area contributed by atoms with E-state index >= 15 is 0 Å². The highest BCUT2D eigenvalue weighted by atomic mass is 32.2. The van der Waals surface area contributed by atoms with Crippen LogP contribution >= 0.6 is 0 Å². The molecule has 1 aromatic carbocycles. The van der Waals surface area contributed by atoms with Gasteiger partial charge in [0.1, 0.15) is 0 Å². The van der Waals surface area contributed by atoms with Gasteiger partial charge in [-0.25, -0.2) is 12.7 Å². The van der Waals surface area contributed by atoms with Crippen molar-refractivity contribution >= 4 is 15.7 Å². The number of nitrogens with zero attached hydrogens (tertiary/aromatic N) is 3. The first-order chi connectivity index (χ1) is 12.4. The summed E-state index contributed by atoms with van der Waals surface area (Å²) in [6.07, 6.45) is 6.53. The molecule has 1 aromatic heterocycles. The van der Waals surface area contributed by atoms with E-state index in [0.29, 0.717) is 16.7 Å². The Kier molecular flexibility index (Phi) is 4.31. The zero-order valence-corrected chi connectivity index (χ0v) is 16.3. The standard InChI is InChI=1S/C19H26N4O2S/c1-22(2)26(24,25)13-8-9-17-16(12-13)14-6-4-5-7-15(14)19(21-17)18-10-11-20-23(18)3/h8-12,14-15,19,21H,4-7H2,1-3H3. The summed E-state index contributed by atoms with van der Waals surface area (Å²) in [5.74, 6) is 0.848. The molecule has 1 aliphatic heterocycles. The average Bonchev–Trinajstić information content (AvgIpc) is 3.06. The molecule has 0 amide bonds. The summed E-state index contributed by atoms with van der Waals surface area (Å²) in [4.78, 5) is 0.381. The van der Waals surface area contributed by atoms with Crippen LogP contribution in [0.1, 0.15) is 48.9 Å². The molecule has 7 heteroatoms. The van der Waals surface area contributed by atoms with Gasteiger partial charge in [-0.05, 0) is 54.5 Å². The lowest BCUT2D eigenvalue weighted by molar-refractivity contribution is 0.259. The predicted octanol–water partition coefficient (Wildman–Crippen LogP) is 3.11. The third-order valence-electron chi connectivity index (χ3n) is 5.94. The van der Waals surface area contributed by atoms with Crippen LogP contribution < -0.4 is 5.32 Å². The van der Waals surface area contributed by atoms with Crippen molar-refractivity contribution < 1.29 is 8.42 Å². The van der Waals surface area contributed by atoms with Gasteiger partial charge in [0, 0.05) is 33.0 Å². The summed E-state index contributed by atoms with van der Waals surface area (Å²) in [7, 11) is 1.72. The second-order valence-corrected chi connectivity index (χ2v) is 9.74. The second kappa shape index (κ2) is 6.39. The molecule has 0 radical (unpaired) electrons. The molecule has 2 aromatic rings. The van der Waals surface area contributed by atoms with Crippen LogP contribution in [0.2, 0.25) is 0 Å². The minimum atomic E-state index is -3.42. The molecular weight excluding hydrogens is 348 g/mol. The van der Waals surface area contributed by atoms with E-state index in [9.17, 15) is 8.42 Å². The molecule has 140 valence electrons. The van der Waals surface area contributed by atoms with E-state index in [1.165, 1.54) is 22.8 Å². The highest BCUT2D eigenvalue weighted by molar-refractivity contribution is 7.89. The summed E-state index contributed by atoms with van der Waals surface area (Å²) >= 11 is 0. The molecule has 3 atom stereocenters. The van der Waals surface area contributed by atoms with Gasteiger partial charge in [-0.15, -0.1) is 0 Å². The molecule has 3 unspecified atom stereocenters. The SMILES string of the molecule is CN(C)S(=O)(=O)c1ccc2c(c1)C1CCCCC1C(c1ccnn1C)N2. The molecular formula is C19H26N4O2S. The van der Waals surface area contributed by atoms with Gasteiger partial charge in [0.05, 0.1) is 16.6 Å². The van der Waals surface area contributed by atoms with E-state index in [4.69, 9.17) is 0 Å². The van der Waals surface area contributed by atoms with Crippen LogP contribution in [0.3, 0.4) is 0 Å². The normalized spacial score (nSPS) is 25.5. The molecule has 6 nitrogen and oxygen atoms in total. The summed E-state index contributed by atoms with van der Waals surface area (Å²) in [6.45, 7) is 0. The number of fused-ring (bicyclic) bond motifs is 3. The van der Waals surface area contributed by atoms with E-state index in [1.54, 1.807) is 20.2 Å². The third-order valence-corrected chi connectivity index (χ3v) is 7.75. The van der Waals surface area contributed by atoms with Crippen LogP contribution in [0.5, 0.6) is 0 Å². The lowest BCUT2D eigenvalue weighted by Gasteiger charge is -2.43. The second-order valence-electron chi connectivity index (χ2n) is 7.59. The van der Waals surface area contributed by atoms with Crippen molar-refractivity contribution in [3.05, 3.63) is 41.7 Å². The number of sulfonamides is 1. The Balaban J connectivity index is 1.80. The zero-order chi connectivity index (χ0) is 18.5. The molecule has 2 heterocycles. The first-order valence-corrected chi connectivity index (χ1v) is 10.6. The number of benzene rings is 1. The third kappa shape index (κ3) is 2.74. The molecule has 1 aliphatic carbocycles. The summed E-state index contributed by atoms with van der Waals surface area (Å²) in [6, 6.07) is 7.83. The predicted molar refractivity (Wildman–Crippen MR) is 102 cm³/mol. The zero-order valence-electron chi connectivity index (χ0n) is 15.5. The van der Waals surface area contributed by atoms with Crippen molar-refractivity contribution in [2.75, 3.05) is 19.4 Å². The van der Waals surface area contributed by atoms with Crippen LogP contribution in [-0.4, -0.2) is 36.6 Å². The maximum Gasteiger partial charge on any atom is 0.242 e. The van der Waals surface area contributed by atoms with Gasteiger partial charge in [0.2, 0.25) is 10.0 Å². The fourth-order valence-corrected chi connectivity index (χ4v) is 5.49. The van der Waals surface area contributed by atoms with Crippen molar-refractivity contribution in [1.82, 2.24) is 14.1 Å². The fourth-order valence-electron chi connectivity index (χ4n) is 4.55. The topological polar surface area (TPSA) is 67.2 Å². The lowest BCUT2D eigenvalue weighted by atomic mass is 9.69. The van der Waals surface area contributed by atoms with Crippen LogP contribution in [0.4, 0.5) is 5.69 Å². The highest BCUT2D eigenvalue weighted by Crippen LogP contribution is 2.51. The van der Waals surface area contributed by atoms with E-state index in [-0.39, 0.29) is 6.04 Å². The number of anilines is 1. The van der Waals surface area contributed by atoms with Gasteiger partial charge in [0.25, 0.3) is 0 Å². The van der Waals surface area contributed by atoms with Gasteiger partial charge in [0.15, 0.2) is 0 Å². The maximum atomic E-state index is 12.6. The van der Waals surface area contributed by atoms with E-state index < -0.39 is 10.0 Å². The minimum Gasteiger partial charge on any atom is -0.376 e.